The van der Waals surface area contributed by atoms with E-state index in [1.165, 1.54) is 0 Å². The lowest BCUT2D eigenvalue weighted by Gasteiger charge is -2.34. The van der Waals surface area contributed by atoms with Crippen LogP contribution in [0, 0.1) is 11.8 Å². The van der Waals surface area contributed by atoms with Gasteiger partial charge in [-0.05, 0) is 36.5 Å². The van der Waals surface area contributed by atoms with Crippen LogP contribution < -0.4 is 0 Å². The van der Waals surface area contributed by atoms with E-state index in [2.05, 4.69) is 23.8 Å². The summed E-state index contributed by atoms with van der Waals surface area (Å²) in [6.45, 7) is 5.40. The minimum Gasteiger partial charge on any atom is -0.338 e. The highest BCUT2D eigenvalue weighted by atomic mass is 32.2. The maximum absolute atomic E-state index is 13.1. The lowest BCUT2D eigenvalue weighted by atomic mass is 9.94. The van der Waals surface area contributed by atoms with Gasteiger partial charge in [-0.15, -0.1) is 0 Å². The summed E-state index contributed by atoms with van der Waals surface area (Å²) >= 11 is 0. The van der Waals surface area contributed by atoms with Gasteiger partial charge in [0.1, 0.15) is 5.82 Å². The van der Waals surface area contributed by atoms with Gasteiger partial charge in [0.25, 0.3) is 0 Å². The van der Waals surface area contributed by atoms with Crippen molar-refractivity contribution in [2.45, 2.75) is 25.2 Å². The first-order valence-corrected chi connectivity index (χ1v) is 10.4. The summed E-state index contributed by atoms with van der Waals surface area (Å²) in [6, 6.07) is 15.0. The molecule has 5 nitrogen and oxygen atoms in total. The van der Waals surface area contributed by atoms with Crippen LogP contribution in [0.2, 0.25) is 0 Å². The smallest absolute Gasteiger partial charge is 0.243 e. The minimum atomic E-state index is -3.49. The van der Waals surface area contributed by atoms with Gasteiger partial charge in [0.05, 0.1) is 15.9 Å². The zero-order valence-corrected chi connectivity index (χ0v) is 15.8. The molecule has 4 rings (SSSR count). The molecule has 2 aromatic carbocycles. The fourth-order valence-electron chi connectivity index (χ4n) is 3.83. The molecule has 3 aromatic rings. The summed E-state index contributed by atoms with van der Waals surface area (Å²) in [5.41, 5.74) is 2.48. The van der Waals surface area contributed by atoms with Crippen LogP contribution in [0.5, 0.6) is 0 Å². The van der Waals surface area contributed by atoms with Crippen LogP contribution in [0.1, 0.15) is 20.3 Å². The van der Waals surface area contributed by atoms with Crippen LogP contribution in [-0.4, -0.2) is 35.8 Å². The number of nitrogens with one attached hydrogen (secondary N) is 1. The summed E-state index contributed by atoms with van der Waals surface area (Å²) in [5.74, 6) is 1.51. The van der Waals surface area contributed by atoms with Crippen molar-refractivity contribution in [2.75, 3.05) is 13.1 Å². The zero-order valence-electron chi connectivity index (χ0n) is 15.0. The van der Waals surface area contributed by atoms with Gasteiger partial charge in [-0.3, -0.25) is 0 Å². The molecular formula is C20H23N3O2S. The van der Waals surface area contributed by atoms with Crippen molar-refractivity contribution in [2.24, 2.45) is 11.8 Å². The number of sulfonamides is 1. The van der Waals surface area contributed by atoms with Gasteiger partial charge in [-0.2, -0.15) is 4.31 Å². The van der Waals surface area contributed by atoms with Crippen molar-refractivity contribution in [3.8, 4) is 11.4 Å². The SMILES string of the molecule is CC1CC(C)CN(S(=O)(=O)c2ccc3nc(-c4ccccc4)[nH]c3c2)C1. The average molecular weight is 369 g/mol. The maximum atomic E-state index is 13.1. The Balaban J connectivity index is 1.71. The van der Waals surface area contributed by atoms with Crippen molar-refractivity contribution < 1.29 is 8.42 Å². The zero-order chi connectivity index (χ0) is 18.3. The number of aromatic amines is 1. The molecule has 0 amide bonds. The van der Waals surface area contributed by atoms with E-state index in [9.17, 15) is 8.42 Å². The highest BCUT2D eigenvalue weighted by molar-refractivity contribution is 7.89. The minimum absolute atomic E-state index is 0.328. The Hall–Kier alpha value is -2.18. The number of H-pyrrole nitrogens is 1. The van der Waals surface area contributed by atoms with Gasteiger partial charge in [-0.1, -0.05) is 44.2 Å². The van der Waals surface area contributed by atoms with Crippen LogP contribution in [0.4, 0.5) is 0 Å². The molecule has 26 heavy (non-hydrogen) atoms. The van der Waals surface area contributed by atoms with E-state index in [1.807, 2.05) is 30.3 Å². The van der Waals surface area contributed by atoms with Crippen LogP contribution in [0.3, 0.4) is 0 Å². The third-order valence-electron chi connectivity index (χ3n) is 4.97. The topological polar surface area (TPSA) is 66.1 Å². The number of nitrogens with zero attached hydrogens (tertiary/aromatic N) is 2. The average Bonchev–Trinajstić information content (AvgIpc) is 3.05. The first kappa shape index (κ1) is 17.2. The predicted octanol–water partition coefficient (Wildman–Crippen LogP) is 3.90. The lowest BCUT2D eigenvalue weighted by Crippen LogP contribution is -2.42. The number of hydrogen-bond donors (Lipinski definition) is 1. The summed E-state index contributed by atoms with van der Waals surface area (Å²) in [7, 11) is -3.49. The molecule has 1 fully saturated rings. The maximum Gasteiger partial charge on any atom is 0.243 e. The molecule has 1 N–H and O–H groups in total. The normalized spacial score (nSPS) is 21.9. The first-order chi connectivity index (χ1) is 12.4. The number of benzene rings is 2. The molecule has 0 saturated carbocycles. The second kappa shape index (κ2) is 6.52. The molecule has 6 heteroatoms. The number of aromatic nitrogens is 2. The first-order valence-electron chi connectivity index (χ1n) is 8.99. The molecular weight excluding hydrogens is 346 g/mol. The van der Waals surface area contributed by atoms with Gasteiger partial charge >= 0.3 is 0 Å². The largest absolute Gasteiger partial charge is 0.338 e. The Labute approximate surface area is 154 Å². The molecule has 136 valence electrons. The van der Waals surface area contributed by atoms with Gasteiger partial charge in [0, 0.05) is 18.7 Å². The fourth-order valence-corrected chi connectivity index (χ4v) is 5.54. The van der Waals surface area contributed by atoms with Crippen molar-refractivity contribution >= 4 is 21.1 Å². The van der Waals surface area contributed by atoms with Crippen molar-refractivity contribution in [1.82, 2.24) is 14.3 Å². The molecule has 0 aliphatic carbocycles. The quantitative estimate of drug-likeness (QED) is 0.761. The lowest BCUT2D eigenvalue weighted by molar-refractivity contribution is 0.222. The van der Waals surface area contributed by atoms with Crippen molar-refractivity contribution in [3.63, 3.8) is 0 Å². The summed E-state index contributed by atoms with van der Waals surface area (Å²) in [6.07, 6.45) is 1.08. The van der Waals surface area contributed by atoms with Crippen molar-refractivity contribution in [3.05, 3.63) is 48.5 Å². The van der Waals surface area contributed by atoms with E-state index in [-0.39, 0.29) is 0 Å². The molecule has 1 aliphatic heterocycles. The van der Waals surface area contributed by atoms with E-state index in [0.717, 1.165) is 28.8 Å². The van der Waals surface area contributed by atoms with E-state index in [0.29, 0.717) is 29.8 Å². The molecule has 2 atom stereocenters. The predicted molar refractivity (Wildman–Crippen MR) is 103 cm³/mol. The highest BCUT2D eigenvalue weighted by Crippen LogP contribution is 2.28. The molecule has 0 bridgehead atoms. The molecule has 2 unspecified atom stereocenters. The fraction of sp³-hybridized carbons (Fsp3) is 0.350. The Morgan fingerprint density at radius 1 is 1.04 bits per heavy atom. The van der Waals surface area contributed by atoms with E-state index >= 15 is 0 Å². The second-order valence-electron chi connectivity index (χ2n) is 7.40. The van der Waals surface area contributed by atoms with Crippen LogP contribution in [0.25, 0.3) is 22.4 Å². The molecule has 0 spiro atoms. The Bertz CT molecular complexity index is 1020. The van der Waals surface area contributed by atoms with Crippen molar-refractivity contribution in [1.29, 1.82) is 0 Å². The van der Waals surface area contributed by atoms with E-state index < -0.39 is 10.0 Å². The third kappa shape index (κ3) is 3.15. The standard InChI is InChI=1S/C20H23N3O2S/c1-14-10-15(2)13-23(12-14)26(24,25)17-8-9-18-19(11-17)22-20(21-18)16-6-4-3-5-7-16/h3-9,11,14-15H,10,12-13H2,1-2H3,(H,21,22). The van der Waals surface area contributed by atoms with E-state index in [4.69, 9.17) is 0 Å². The number of fused-ring (bicyclic) bond motifs is 1. The van der Waals surface area contributed by atoms with E-state index in [1.54, 1.807) is 22.5 Å². The second-order valence-corrected chi connectivity index (χ2v) is 9.34. The van der Waals surface area contributed by atoms with Gasteiger partial charge in [-0.25, -0.2) is 13.4 Å². The summed E-state index contributed by atoms with van der Waals surface area (Å²) < 4.78 is 27.8. The van der Waals surface area contributed by atoms with Gasteiger partial charge < -0.3 is 4.98 Å². The molecule has 1 aromatic heterocycles. The Kier molecular flexibility index (Phi) is 4.32. The van der Waals surface area contributed by atoms with Gasteiger partial charge in [0.2, 0.25) is 10.0 Å². The molecule has 0 radical (unpaired) electrons. The van der Waals surface area contributed by atoms with Crippen LogP contribution >= 0.6 is 0 Å². The molecule has 1 saturated heterocycles. The number of rotatable bonds is 3. The Morgan fingerprint density at radius 3 is 2.42 bits per heavy atom. The monoisotopic (exact) mass is 369 g/mol. The summed E-state index contributed by atoms with van der Waals surface area (Å²) in [5, 5.41) is 0. The summed E-state index contributed by atoms with van der Waals surface area (Å²) in [4.78, 5) is 8.16. The number of hydrogen-bond acceptors (Lipinski definition) is 3. The molecule has 2 heterocycles. The third-order valence-corrected chi connectivity index (χ3v) is 6.80. The highest BCUT2D eigenvalue weighted by Gasteiger charge is 2.31. The Morgan fingerprint density at radius 2 is 1.73 bits per heavy atom. The number of imidazole rings is 1. The van der Waals surface area contributed by atoms with Crippen LogP contribution in [0.15, 0.2) is 53.4 Å². The molecule has 1 aliphatic rings. The number of piperidine rings is 1. The van der Waals surface area contributed by atoms with Gasteiger partial charge in [0.15, 0.2) is 0 Å². The van der Waals surface area contributed by atoms with Crippen LogP contribution in [-0.2, 0) is 10.0 Å².